The molecule has 0 heterocycles. The van der Waals surface area contributed by atoms with Crippen molar-refractivity contribution in [2.75, 3.05) is 19.5 Å². The largest absolute Gasteiger partial charge is 0.297 e. The first kappa shape index (κ1) is 10.3. The van der Waals surface area contributed by atoms with Gasteiger partial charge < -0.3 is 0 Å². The summed E-state index contributed by atoms with van der Waals surface area (Å²) in [6.45, 7) is 7.94. The summed E-state index contributed by atoms with van der Waals surface area (Å²) in [4.78, 5) is 2.22. The Kier molecular flexibility index (Phi) is 4.37. The molecule has 10 heavy (non-hydrogen) atoms. The van der Waals surface area contributed by atoms with Gasteiger partial charge in [0.15, 0.2) is 0 Å². The molecule has 0 bridgehead atoms. The molecular weight excluding hydrogens is 142 g/mol. The van der Waals surface area contributed by atoms with Crippen LogP contribution in [0.2, 0.25) is 0 Å². The van der Waals surface area contributed by atoms with E-state index in [0.29, 0.717) is 5.41 Å². The smallest absolute Gasteiger partial charge is 0.0411 e. The highest BCUT2D eigenvalue weighted by Gasteiger charge is 2.10. The van der Waals surface area contributed by atoms with Crippen molar-refractivity contribution in [2.24, 2.45) is 5.41 Å². The van der Waals surface area contributed by atoms with Crippen LogP contribution in [0.1, 0.15) is 27.2 Å². The molecule has 0 amide bonds. The Balaban J connectivity index is 3.36. The van der Waals surface area contributed by atoms with E-state index in [1.54, 1.807) is 0 Å². The van der Waals surface area contributed by atoms with Crippen molar-refractivity contribution in [2.45, 2.75) is 27.2 Å². The lowest BCUT2D eigenvalue weighted by Crippen LogP contribution is -2.22. The molecule has 0 aliphatic rings. The second-order valence-electron chi connectivity index (χ2n) is 4.03. The molecule has 0 spiro atoms. The van der Waals surface area contributed by atoms with Gasteiger partial charge in [0, 0.05) is 5.88 Å². The first-order valence-corrected chi connectivity index (χ1v) is 4.38. The van der Waals surface area contributed by atoms with E-state index in [4.69, 9.17) is 0 Å². The van der Waals surface area contributed by atoms with E-state index in [2.05, 4.69) is 45.3 Å². The number of nitrogens with zero attached hydrogens (tertiary/aromatic N) is 1. The monoisotopic (exact) mass is 161 g/mol. The zero-order valence-corrected chi connectivity index (χ0v) is 8.41. The average molecular weight is 161 g/mol. The van der Waals surface area contributed by atoms with Crippen LogP contribution in [-0.2, 0) is 0 Å². The van der Waals surface area contributed by atoms with Gasteiger partial charge in [0.05, 0.1) is 0 Å². The van der Waals surface area contributed by atoms with Crippen molar-refractivity contribution in [3.05, 3.63) is 0 Å². The minimum Gasteiger partial charge on any atom is -0.297 e. The molecule has 0 N–H and O–H groups in total. The van der Waals surface area contributed by atoms with Crippen LogP contribution in [-0.4, -0.2) is 24.4 Å². The lowest BCUT2D eigenvalue weighted by Gasteiger charge is -2.21. The summed E-state index contributed by atoms with van der Waals surface area (Å²) in [5, 5.41) is 0. The highest BCUT2D eigenvalue weighted by atomic mass is 32.1. The number of rotatable bonds is 3. The molecule has 62 valence electrons. The maximum atomic E-state index is 4.17. The quantitative estimate of drug-likeness (QED) is 0.491. The molecule has 0 fully saturated rings. The lowest BCUT2D eigenvalue weighted by atomic mass is 9.92. The second-order valence-corrected chi connectivity index (χ2v) is 4.31. The van der Waals surface area contributed by atoms with E-state index in [0.717, 1.165) is 12.4 Å². The highest BCUT2D eigenvalue weighted by molar-refractivity contribution is 7.80. The van der Waals surface area contributed by atoms with E-state index in [9.17, 15) is 0 Å². The molecule has 0 aromatic heterocycles. The fourth-order valence-electron chi connectivity index (χ4n) is 0.597. The molecular formula is C8H19NS. The van der Waals surface area contributed by atoms with Gasteiger partial charge in [-0.25, -0.2) is 0 Å². The van der Waals surface area contributed by atoms with Gasteiger partial charge in [0.2, 0.25) is 0 Å². The van der Waals surface area contributed by atoms with Gasteiger partial charge in [0.25, 0.3) is 0 Å². The molecule has 0 aromatic carbocycles. The third-order valence-corrected chi connectivity index (χ3v) is 1.97. The molecule has 0 saturated heterocycles. The van der Waals surface area contributed by atoms with Crippen molar-refractivity contribution >= 4 is 12.6 Å². The third-order valence-electron chi connectivity index (χ3n) is 1.48. The molecule has 0 radical (unpaired) electrons. The fourth-order valence-corrected chi connectivity index (χ4v) is 0.738. The zero-order chi connectivity index (χ0) is 8.20. The van der Waals surface area contributed by atoms with Gasteiger partial charge in [-0.2, -0.15) is 12.6 Å². The number of hydrogen-bond acceptors (Lipinski definition) is 2. The van der Waals surface area contributed by atoms with Crippen LogP contribution in [0.3, 0.4) is 0 Å². The standard InChI is InChI=1S/C8H19NS/c1-8(2,3)5-6-9(4)7-10/h10H,5-7H2,1-4H3. The van der Waals surface area contributed by atoms with Gasteiger partial charge in [-0.1, -0.05) is 20.8 Å². The SMILES string of the molecule is CN(CS)CCC(C)(C)C. The van der Waals surface area contributed by atoms with Crippen LogP contribution >= 0.6 is 12.6 Å². The van der Waals surface area contributed by atoms with Crippen molar-refractivity contribution in [1.82, 2.24) is 4.90 Å². The van der Waals surface area contributed by atoms with E-state index in [1.807, 2.05) is 0 Å². The summed E-state index contributed by atoms with van der Waals surface area (Å²) in [6.07, 6.45) is 1.24. The van der Waals surface area contributed by atoms with Crippen LogP contribution in [0, 0.1) is 5.41 Å². The maximum absolute atomic E-state index is 4.17. The Morgan fingerprint density at radius 2 is 1.80 bits per heavy atom. The number of thiol groups is 1. The maximum Gasteiger partial charge on any atom is 0.0411 e. The Bertz CT molecular complexity index is 85.7. The Labute approximate surface area is 70.2 Å². The second kappa shape index (κ2) is 4.24. The zero-order valence-electron chi connectivity index (χ0n) is 7.52. The van der Waals surface area contributed by atoms with E-state index < -0.39 is 0 Å². The Hall–Kier alpha value is 0.310. The molecule has 2 heteroatoms. The van der Waals surface area contributed by atoms with Gasteiger partial charge in [-0.3, -0.25) is 4.90 Å². The molecule has 0 unspecified atom stereocenters. The molecule has 0 atom stereocenters. The van der Waals surface area contributed by atoms with Crippen LogP contribution in [0.25, 0.3) is 0 Å². The predicted molar refractivity (Wildman–Crippen MR) is 50.6 cm³/mol. The van der Waals surface area contributed by atoms with Gasteiger partial charge in [-0.15, -0.1) is 0 Å². The molecule has 0 rings (SSSR count). The Morgan fingerprint density at radius 1 is 1.30 bits per heavy atom. The summed E-state index contributed by atoms with van der Waals surface area (Å²) in [6, 6.07) is 0. The minimum absolute atomic E-state index is 0.456. The minimum atomic E-state index is 0.456. The van der Waals surface area contributed by atoms with Crippen LogP contribution in [0.4, 0.5) is 0 Å². The lowest BCUT2D eigenvalue weighted by molar-refractivity contribution is 0.291. The van der Waals surface area contributed by atoms with Gasteiger partial charge >= 0.3 is 0 Å². The van der Waals surface area contributed by atoms with Crippen LogP contribution < -0.4 is 0 Å². The van der Waals surface area contributed by atoms with Crippen molar-refractivity contribution in [1.29, 1.82) is 0 Å². The molecule has 0 aromatic rings. The van der Waals surface area contributed by atoms with Crippen LogP contribution in [0.15, 0.2) is 0 Å². The van der Waals surface area contributed by atoms with E-state index in [-0.39, 0.29) is 0 Å². The topological polar surface area (TPSA) is 3.24 Å². The van der Waals surface area contributed by atoms with Crippen LogP contribution in [0.5, 0.6) is 0 Å². The first-order valence-electron chi connectivity index (χ1n) is 3.75. The summed E-state index contributed by atoms with van der Waals surface area (Å²) < 4.78 is 0. The summed E-state index contributed by atoms with van der Waals surface area (Å²) in [7, 11) is 2.10. The first-order chi connectivity index (χ1) is 4.45. The van der Waals surface area contributed by atoms with E-state index >= 15 is 0 Å². The molecule has 0 aliphatic heterocycles. The molecule has 0 aliphatic carbocycles. The normalized spacial score (nSPS) is 12.6. The predicted octanol–water partition coefficient (Wildman–Crippen LogP) is 2.24. The van der Waals surface area contributed by atoms with E-state index in [1.165, 1.54) is 6.42 Å². The molecule has 1 nitrogen and oxygen atoms in total. The fraction of sp³-hybridized carbons (Fsp3) is 1.00. The average Bonchev–Trinajstić information content (AvgIpc) is 1.81. The number of hydrogen-bond donors (Lipinski definition) is 1. The highest BCUT2D eigenvalue weighted by Crippen LogP contribution is 2.18. The summed E-state index contributed by atoms with van der Waals surface area (Å²) in [5.74, 6) is 0.857. The third kappa shape index (κ3) is 6.43. The summed E-state index contributed by atoms with van der Waals surface area (Å²) >= 11 is 4.17. The Morgan fingerprint density at radius 3 is 2.10 bits per heavy atom. The van der Waals surface area contributed by atoms with Crippen molar-refractivity contribution in [3.8, 4) is 0 Å². The van der Waals surface area contributed by atoms with Gasteiger partial charge in [-0.05, 0) is 25.4 Å². The summed E-state index contributed by atoms with van der Waals surface area (Å²) in [5.41, 5.74) is 0.456. The van der Waals surface area contributed by atoms with Crippen molar-refractivity contribution < 1.29 is 0 Å². The van der Waals surface area contributed by atoms with Gasteiger partial charge in [0.1, 0.15) is 0 Å². The molecule has 0 saturated carbocycles. The van der Waals surface area contributed by atoms with Crippen molar-refractivity contribution in [3.63, 3.8) is 0 Å².